The number of aryl methyl sites for hydroxylation is 1. The van der Waals surface area contributed by atoms with Gasteiger partial charge < -0.3 is 4.74 Å². The zero-order chi connectivity index (χ0) is 15.5. The molecule has 2 aromatic carbocycles. The Morgan fingerprint density at radius 1 is 1.00 bits per heavy atom. The molecule has 0 saturated heterocycles. The predicted octanol–water partition coefficient (Wildman–Crippen LogP) is 3.08. The topological polar surface area (TPSA) is 46.6 Å². The quantitative estimate of drug-likeness (QED) is 0.853. The summed E-state index contributed by atoms with van der Waals surface area (Å²) in [6.45, 7) is 2.03. The van der Waals surface area contributed by atoms with E-state index in [0.29, 0.717) is 11.4 Å². The summed E-state index contributed by atoms with van der Waals surface area (Å²) in [6.07, 6.45) is 0.884. The fourth-order valence-corrected chi connectivity index (χ4v) is 3.18. The highest BCUT2D eigenvalue weighted by molar-refractivity contribution is 7.92. The molecule has 0 aliphatic carbocycles. The van der Waals surface area contributed by atoms with Crippen molar-refractivity contribution < 1.29 is 13.2 Å². The van der Waals surface area contributed by atoms with Crippen molar-refractivity contribution in [1.29, 1.82) is 0 Å². The molecule has 0 bridgehead atoms. The molecule has 2 rings (SSSR count). The molecule has 21 heavy (non-hydrogen) atoms. The molecule has 0 atom stereocenters. The predicted molar refractivity (Wildman–Crippen MR) is 84.4 cm³/mol. The number of hydrogen-bond donors (Lipinski definition) is 0. The lowest BCUT2D eigenvalue weighted by Crippen LogP contribution is -2.26. The van der Waals surface area contributed by atoms with E-state index in [9.17, 15) is 8.42 Å². The summed E-state index contributed by atoms with van der Waals surface area (Å²) < 4.78 is 31.5. The Morgan fingerprint density at radius 3 is 2.05 bits per heavy atom. The number of benzene rings is 2. The van der Waals surface area contributed by atoms with E-state index in [1.165, 1.54) is 4.31 Å². The average Bonchev–Trinajstić information content (AvgIpc) is 2.54. The molecule has 0 radical (unpaired) electrons. The lowest BCUT2D eigenvalue weighted by Gasteiger charge is -2.20. The minimum atomic E-state index is -3.54. The Hall–Kier alpha value is -2.01. The third-order valence-electron chi connectivity index (χ3n) is 3.43. The zero-order valence-corrected chi connectivity index (χ0v) is 13.2. The van der Waals surface area contributed by atoms with Crippen LogP contribution in [-0.4, -0.2) is 22.6 Å². The Bertz CT molecular complexity index is 691. The van der Waals surface area contributed by atoms with Crippen LogP contribution < -0.4 is 9.04 Å². The van der Waals surface area contributed by atoms with Crippen LogP contribution in [0, 0.1) is 0 Å². The number of anilines is 1. The van der Waals surface area contributed by atoms with Crippen molar-refractivity contribution in [1.82, 2.24) is 0 Å². The number of ether oxygens (including phenoxy) is 1. The van der Waals surface area contributed by atoms with Crippen LogP contribution in [-0.2, 0) is 16.4 Å². The normalized spacial score (nSPS) is 11.2. The summed E-state index contributed by atoms with van der Waals surface area (Å²) in [5.41, 5.74) is 1.71. The van der Waals surface area contributed by atoms with Gasteiger partial charge in [0.15, 0.2) is 0 Å². The molecule has 0 heterocycles. The minimum Gasteiger partial charge on any atom is -0.497 e. The molecule has 4 nitrogen and oxygen atoms in total. The third-order valence-corrected chi connectivity index (χ3v) is 5.23. The van der Waals surface area contributed by atoms with E-state index in [1.54, 1.807) is 50.6 Å². The first-order valence-corrected chi connectivity index (χ1v) is 8.15. The first-order chi connectivity index (χ1) is 9.98. The first kappa shape index (κ1) is 15.4. The second-order valence-corrected chi connectivity index (χ2v) is 6.64. The molecule has 0 aromatic heterocycles. The number of nitrogens with zero attached hydrogens (tertiary/aromatic N) is 1. The maximum absolute atomic E-state index is 12.6. The first-order valence-electron chi connectivity index (χ1n) is 6.71. The summed E-state index contributed by atoms with van der Waals surface area (Å²) in [5, 5.41) is 0. The van der Waals surface area contributed by atoms with Crippen LogP contribution in [0.3, 0.4) is 0 Å². The van der Waals surface area contributed by atoms with Crippen LogP contribution in [0.5, 0.6) is 5.75 Å². The molecular weight excluding hydrogens is 286 g/mol. The van der Waals surface area contributed by atoms with Gasteiger partial charge in [-0.3, -0.25) is 4.31 Å². The number of hydrogen-bond acceptors (Lipinski definition) is 3. The zero-order valence-electron chi connectivity index (χ0n) is 12.4. The summed E-state index contributed by atoms with van der Waals surface area (Å²) in [5.74, 6) is 0.692. The molecule has 0 saturated carbocycles. The molecule has 0 aliphatic rings. The summed E-state index contributed by atoms with van der Waals surface area (Å²) in [6, 6.07) is 13.9. The minimum absolute atomic E-state index is 0.290. The van der Waals surface area contributed by atoms with E-state index in [4.69, 9.17) is 4.74 Å². The van der Waals surface area contributed by atoms with Gasteiger partial charge in [0, 0.05) is 7.05 Å². The molecule has 0 fully saturated rings. The van der Waals surface area contributed by atoms with E-state index >= 15 is 0 Å². The van der Waals surface area contributed by atoms with Gasteiger partial charge in [-0.2, -0.15) is 0 Å². The van der Waals surface area contributed by atoms with Gasteiger partial charge in [-0.25, -0.2) is 8.42 Å². The van der Waals surface area contributed by atoms with Crippen LogP contribution in [0.2, 0.25) is 0 Å². The van der Waals surface area contributed by atoms with Gasteiger partial charge in [-0.1, -0.05) is 19.1 Å². The number of sulfonamides is 1. The Morgan fingerprint density at radius 2 is 1.57 bits per heavy atom. The molecule has 0 spiro atoms. The van der Waals surface area contributed by atoms with Crippen molar-refractivity contribution >= 4 is 15.7 Å². The fourth-order valence-electron chi connectivity index (χ4n) is 1.99. The van der Waals surface area contributed by atoms with Crippen molar-refractivity contribution in [3.63, 3.8) is 0 Å². The number of rotatable bonds is 5. The molecular formula is C16H19NO3S. The van der Waals surface area contributed by atoms with E-state index in [0.717, 1.165) is 12.0 Å². The van der Waals surface area contributed by atoms with E-state index in [2.05, 4.69) is 0 Å². The van der Waals surface area contributed by atoms with Crippen LogP contribution >= 0.6 is 0 Å². The van der Waals surface area contributed by atoms with Crippen LogP contribution in [0.4, 0.5) is 5.69 Å². The summed E-state index contributed by atoms with van der Waals surface area (Å²) in [7, 11) is -0.423. The monoisotopic (exact) mass is 305 g/mol. The van der Waals surface area contributed by atoms with Crippen molar-refractivity contribution in [2.75, 3.05) is 18.5 Å². The third kappa shape index (κ3) is 3.19. The molecule has 2 aromatic rings. The maximum atomic E-state index is 12.6. The molecule has 5 heteroatoms. The average molecular weight is 305 g/mol. The highest BCUT2D eigenvalue weighted by Crippen LogP contribution is 2.24. The number of methoxy groups -OCH3 is 1. The smallest absolute Gasteiger partial charge is 0.264 e. The van der Waals surface area contributed by atoms with Gasteiger partial charge in [0.05, 0.1) is 17.7 Å². The molecule has 0 N–H and O–H groups in total. The lowest BCUT2D eigenvalue weighted by molar-refractivity contribution is 0.415. The van der Waals surface area contributed by atoms with Crippen LogP contribution in [0.1, 0.15) is 12.5 Å². The van der Waals surface area contributed by atoms with Gasteiger partial charge in [0.2, 0.25) is 0 Å². The van der Waals surface area contributed by atoms with E-state index < -0.39 is 10.0 Å². The highest BCUT2D eigenvalue weighted by atomic mass is 32.2. The van der Waals surface area contributed by atoms with Crippen LogP contribution in [0.25, 0.3) is 0 Å². The standard InChI is InChI=1S/C16H19NO3S/c1-4-13-5-11-16(12-6-13)21(18,19)17(2)14-7-9-15(20-3)10-8-14/h5-12H,4H2,1-3H3. The Labute approximate surface area is 126 Å². The SMILES string of the molecule is CCc1ccc(S(=O)(=O)N(C)c2ccc(OC)cc2)cc1. The van der Waals surface area contributed by atoms with Gasteiger partial charge in [0.1, 0.15) is 5.75 Å². The molecule has 0 amide bonds. The van der Waals surface area contributed by atoms with Crippen molar-refractivity contribution in [2.45, 2.75) is 18.2 Å². The van der Waals surface area contributed by atoms with Crippen molar-refractivity contribution in [3.05, 3.63) is 54.1 Å². The van der Waals surface area contributed by atoms with Gasteiger partial charge in [-0.05, 0) is 48.4 Å². The second-order valence-electron chi connectivity index (χ2n) is 4.67. The van der Waals surface area contributed by atoms with E-state index in [1.807, 2.05) is 19.1 Å². The summed E-state index contributed by atoms with van der Waals surface area (Å²) >= 11 is 0. The van der Waals surface area contributed by atoms with Crippen molar-refractivity contribution in [3.8, 4) is 5.75 Å². The van der Waals surface area contributed by atoms with Gasteiger partial charge >= 0.3 is 0 Å². The van der Waals surface area contributed by atoms with Crippen LogP contribution in [0.15, 0.2) is 53.4 Å². The fraction of sp³-hybridized carbons (Fsp3) is 0.250. The van der Waals surface area contributed by atoms with Crippen molar-refractivity contribution in [2.24, 2.45) is 0 Å². The van der Waals surface area contributed by atoms with E-state index in [-0.39, 0.29) is 4.90 Å². The highest BCUT2D eigenvalue weighted by Gasteiger charge is 2.21. The summed E-state index contributed by atoms with van der Waals surface area (Å²) in [4.78, 5) is 0.290. The molecule has 0 unspecified atom stereocenters. The lowest BCUT2D eigenvalue weighted by atomic mass is 10.2. The molecule has 112 valence electrons. The second kappa shape index (κ2) is 6.18. The Kier molecular flexibility index (Phi) is 4.53. The maximum Gasteiger partial charge on any atom is 0.264 e. The van der Waals surface area contributed by atoms with Gasteiger partial charge in [0.25, 0.3) is 10.0 Å². The molecule has 0 aliphatic heterocycles. The Balaban J connectivity index is 2.32. The largest absolute Gasteiger partial charge is 0.497 e. The van der Waals surface area contributed by atoms with Gasteiger partial charge in [-0.15, -0.1) is 0 Å².